The van der Waals surface area contributed by atoms with Crippen molar-refractivity contribution in [1.29, 1.82) is 0 Å². The third kappa shape index (κ3) is 2.87. The number of hydrogen-bond acceptors (Lipinski definition) is 3. The second-order valence-corrected chi connectivity index (χ2v) is 4.66. The molecule has 4 nitrogen and oxygen atoms in total. The van der Waals surface area contributed by atoms with Gasteiger partial charge in [0.2, 0.25) is 0 Å². The van der Waals surface area contributed by atoms with Gasteiger partial charge in [0.05, 0.1) is 23.8 Å². The number of ether oxygens (including phenoxy) is 1. The summed E-state index contributed by atoms with van der Waals surface area (Å²) >= 11 is 0. The third-order valence-corrected chi connectivity index (χ3v) is 3.40. The molecule has 0 saturated carbocycles. The fourth-order valence-electron chi connectivity index (χ4n) is 2.21. The Bertz CT molecular complexity index is 510. The van der Waals surface area contributed by atoms with Crippen molar-refractivity contribution in [3.05, 3.63) is 29.3 Å². The molecule has 1 atom stereocenters. The normalized spacial score (nSPS) is 19.1. The number of hydrogen-bond donors (Lipinski definition) is 1. The van der Waals surface area contributed by atoms with Gasteiger partial charge in [-0.2, -0.15) is 13.2 Å². The maximum Gasteiger partial charge on any atom is 0.417 e. The topological polar surface area (TPSA) is 49.8 Å². The first-order chi connectivity index (χ1) is 9.30. The van der Waals surface area contributed by atoms with Crippen molar-refractivity contribution in [2.24, 2.45) is 0 Å². The number of carboxylic acid groups (broad SMARTS) is 1. The lowest BCUT2D eigenvalue weighted by molar-refractivity contribution is -0.138. The predicted octanol–water partition coefficient (Wildman–Crippen LogP) is 2.63. The molecule has 0 aliphatic carbocycles. The largest absolute Gasteiger partial charge is 0.478 e. The lowest BCUT2D eigenvalue weighted by Gasteiger charge is -2.26. The van der Waals surface area contributed by atoms with Gasteiger partial charge in [-0.25, -0.2) is 4.79 Å². The zero-order valence-electron chi connectivity index (χ0n) is 10.8. The Hall–Kier alpha value is -1.76. The average Bonchev–Trinajstić information content (AvgIpc) is 2.89. The fraction of sp³-hybridized carbons (Fsp3) is 0.462. The summed E-state index contributed by atoms with van der Waals surface area (Å²) < 4.78 is 44.0. The molecule has 7 heteroatoms. The number of carboxylic acids is 1. The van der Waals surface area contributed by atoms with Gasteiger partial charge >= 0.3 is 12.1 Å². The van der Waals surface area contributed by atoms with Crippen molar-refractivity contribution < 1.29 is 27.8 Å². The van der Waals surface area contributed by atoms with Crippen LogP contribution in [0.15, 0.2) is 18.2 Å². The van der Waals surface area contributed by atoms with Crippen LogP contribution in [0, 0.1) is 0 Å². The summed E-state index contributed by atoms with van der Waals surface area (Å²) in [6, 6.07) is 3.26. The van der Waals surface area contributed by atoms with E-state index in [1.807, 2.05) is 0 Å². The summed E-state index contributed by atoms with van der Waals surface area (Å²) in [7, 11) is 1.68. The van der Waals surface area contributed by atoms with E-state index in [0.29, 0.717) is 18.9 Å². The highest BCUT2D eigenvalue weighted by Crippen LogP contribution is 2.35. The maximum absolute atomic E-state index is 12.9. The molecule has 1 fully saturated rings. The molecule has 1 N–H and O–H groups in total. The molecule has 0 amide bonds. The van der Waals surface area contributed by atoms with E-state index in [-0.39, 0.29) is 6.04 Å². The number of nitrogens with zero attached hydrogens (tertiary/aromatic N) is 1. The zero-order valence-corrected chi connectivity index (χ0v) is 10.8. The monoisotopic (exact) mass is 289 g/mol. The van der Waals surface area contributed by atoms with E-state index in [2.05, 4.69) is 0 Å². The number of alkyl halides is 3. The molecule has 0 aromatic heterocycles. The summed E-state index contributed by atoms with van der Waals surface area (Å²) in [4.78, 5) is 12.6. The molecule has 0 spiro atoms. The lowest BCUT2D eigenvalue weighted by atomic mass is 10.0. The summed E-state index contributed by atoms with van der Waals surface area (Å²) in [5.41, 5.74) is -1.54. The van der Waals surface area contributed by atoms with Gasteiger partial charge in [0.15, 0.2) is 0 Å². The smallest absolute Gasteiger partial charge is 0.417 e. The highest BCUT2D eigenvalue weighted by atomic mass is 19.4. The van der Waals surface area contributed by atoms with Gasteiger partial charge in [-0.15, -0.1) is 0 Å². The first-order valence-corrected chi connectivity index (χ1v) is 6.06. The van der Waals surface area contributed by atoms with Crippen LogP contribution in [0.5, 0.6) is 0 Å². The number of carbonyl (C=O) groups is 1. The summed E-state index contributed by atoms with van der Waals surface area (Å²) in [6.45, 7) is 1.03. The molecule has 1 heterocycles. The van der Waals surface area contributed by atoms with Crippen LogP contribution in [0.25, 0.3) is 0 Å². The standard InChI is InChI=1S/C13H14F3NO3/c1-17(9-4-5-20-7-9)8-2-3-10(12(18)19)11(6-8)13(14,15)16/h2-3,6,9H,4-5,7H2,1H3,(H,18,19). The maximum atomic E-state index is 12.9. The number of benzene rings is 1. The van der Waals surface area contributed by atoms with E-state index in [1.54, 1.807) is 11.9 Å². The van der Waals surface area contributed by atoms with E-state index < -0.39 is 23.3 Å². The first-order valence-electron chi connectivity index (χ1n) is 6.06. The van der Waals surface area contributed by atoms with Gasteiger partial charge < -0.3 is 14.7 Å². The van der Waals surface area contributed by atoms with Crippen molar-refractivity contribution in [3.63, 3.8) is 0 Å². The van der Waals surface area contributed by atoms with Crippen molar-refractivity contribution in [1.82, 2.24) is 0 Å². The average molecular weight is 289 g/mol. The minimum Gasteiger partial charge on any atom is -0.478 e. The van der Waals surface area contributed by atoms with Crippen molar-refractivity contribution in [2.45, 2.75) is 18.6 Å². The molecule has 1 saturated heterocycles. The Balaban J connectivity index is 2.38. The molecule has 1 unspecified atom stereocenters. The van der Waals surface area contributed by atoms with Crippen LogP contribution in [0.4, 0.5) is 18.9 Å². The van der Waals surface area contributed by atoms with Gasteiger partial charge in [-0.3, -0.25) is 0 Å². The van der Waals surface area contributed by atoms with Crippen LogP contribution < -0.4 is 4.90 Å². The Morgan fingerprint density at radius 2 is 2.15 bits per heavy atom. The highest BCUT2D eigenvalue weighted by Gasteiger charge is 2.36. The van der Waals surface area contributed by atoms with Gasteiger partial charge in [-0.1, -0.05) is 0 Å². The molecule has 1 aromatic carbocycles. The molecule has 2 rings (SSSR count). The number of anilines is 1. The van der Waals surface area contributed by atoms with Crippen molar-refractivity contribution >= 4 is 11.7 Å². The van der Waals surface area contributed by atoms with E-state index >= 15 is 0 Å². The Labute approximate surface area is 113 Å². The molecular weight excluding hydrogens is 275 g/mol. The minimum absolute atomic E-state index is 0.00626. The van der Waals surface area contributed by atoms with Gasteiger partial charge in [0.25, 0.3) is 0 Å². The van der Waals surface area contributed by atoms with Crippen molar-refractivity contribution in [3.8, 4) is 0 Å². The molecule has 0 radical (unpaired) electrons. The van der Waals surface area contributed by atoms with Crippen LogP contribution in [-0.2, 0) is 10.9 Å². The van der Waals surface area contributed by atoms with Gasteiger partial charge in [0.1, 0.15) is 0 Å². The summed E-state index contributed by atoms with van der Waals surface area (Å²) in [5, 5.41) is 8.84. The Morgan fingerprint density at radius 3 is 2.65 bits per heavy atom. The quantitative estimate of drug-likeness (QED) is 0.929. The molecule has 1 aromatic rings. The zero-order chi connectivity index (χ0) is 14.9. The predicted molar refractivity (Wildman–Crippen MR) is 66.0 cm³/mol. The minimum atomic E-state index is -4.70. The third-order valence-electron chi connectivity index (χ3n) is 3.40. The van der Waals surface area contributed by atoms with E-state index in [4.69, 9.17) is 9.84 Å². The highest BCUT2D eigenvalue weighted by molar-refractivity contribution is 5.90. The Kier molecular flexibility index (Phi) is 3.89. The van der Waals surface area contributed by atoms with Crippen LogP contribution in [0.2, 0.25) is 0 Å². The van der Waals surface area contributed by atoms with Gasteiger partial charge in [0, 0.05) is 19.3 Å². The lowest BCUT2D eigenvalue weighted by Crippen LogP contribution is -2.32. The van der Waals surface area contributed by atoms with Crippen LogP contribution in [0.1, 0.15) is 22.3 Å². The number of aromatic carboxylic acids is 1. The molecule has 110 valence electrons. The molecular formula is C13H14F3NO3. The number of likely N-dealkylation sites (N-methyl/N-ethyl adjacent to an activating group) is 1. The van der Waals surface area contributed by atoms with E-state index in [0.717, 1.165) is 18.6 Å². The number of rotatable bonds is 3. The van der Waals surface area contributed by atoms with Crippen molar-refractivity contribution in [2.75, 3.05) is 25.2 Å². The summed E-state index contributed by atoms with van der Waals surface area (Å²) in [5.74, 6) is -1.59. The first kappa shape index (κ1) is 14.6. The number of halogens is 3. The van der Waals surface area contributed by atoms with Crippen LogP contribution >= 0.6 is 0 Å². The SMILES string of the molecule is CN(c1ccc(C(=O)O)c(C(F)(F)F)c1)C1CCOC1. The van der Waals surface area contributed by atoms with Crippen LogP contribution in [0.3, 0.4) is 0 Å². The van der Waals surface area contributed by atoms with E-state index in [1.165, 1.54) is 6.07 Å². The second kappa shape index (κ2) is 5.32. The molecule has 1 aliphatic rings. The van der Waals surface area contributed by atoms with Crippen LogP contribution in [-0.4, -0.2) is 37.4 Å². The second-order valence-electron chi connectivity index (χ2n) is 4.66. The molecule has 0 bridgehead atoms. The van der Waals surface area contributed by atoms with E-state index in [9.17, 15) is 18.0 Å². The fourth-order valence-corrected chi connectivity index (χ4v) is 2.21. The molecule has 1 aliphatic heterocycles. The summed E-state index contributed by atoms with van der Waals surface area (Å²) in [6.07, 6.45) is -3.96. The van der Waals surface area contributed by atoms with Gasteiger partial charge in [-0.05, 0) is 24.6 Å². The molecule has 20 heavy (non-hydrogen) atoms. The Morgan fingerprint density at radius 1 is 1.45 bits per heavy atom.